The van der Waals surface area contributed by atoms with E-state index in [9.17, 15) is 4.79 Å². The van der Waals surface area contributed by atoms with E-state index in [1.165, 1.54) is 10.5 Å². The van der Waals surface area contributed by atoms with Crippen LogP contribution in [-0.4, -0.2) is 17.2 Å². The van der Waals surface area contributed by atoms with E-state index in [-0.39, 0.29) is 17.1 Å². The first-order chi connectivity index (χ1) is 8.61. The molecule has 0 fully saturated rings. The number of hydrogen-bond donors (Lipinski definition) is 1. The highest BCUT2D eigenvalue weighted by atomic mass is 32.2. The molecule has 0 spiro atoms. The molecule has 0 aromatic heterocycles. The van der Waals surface area contributed by atoms with Crippen molar-refractivity contribution in [2.24, 2.45) is 5.92 Å². The summed E-state index contributed by atoms with van der Waals surface area (Å²) in [5, 5.41) is 11.7. The third-order valence-electron chi connectivity index (χ3n) is 3.04. The maximum absolute atomic E-state index is 12.1. The molecule has 18 heavy (non-hydrogen) atoms. The summed E-state index contributed by atoms with van der Waals surface area (Å²) in [4.78, 5) is 13.3. The van der Waals surface area contributed by atoms with Gasteiger partial charge in [-0.15, -0.1) is 11.8 Å². The van der Waals surface area contributed by atoms with Crippen molar-refractivity contribution in [3.8, 4) is 6.07 Å². The molecule has 0 bridgehead atoms. The molecular formula is C14H16N2OS. The molecule has 94 valence electrons. The Morgan fingerprint density at radius 3 is 2.83 bits per heavy atom. The first kappa shape index (κ1) is 13.0. The summed E-state index contributed by atoms with van der Waals surface area (Å²) in [6, 6.07) is 9.81. The molecule has 2 rings (SSSR count). The lowest BCUT2D eigenvalue weighted by atomic mass is 10.1. The van der Waals surface area contributed by atoms with Gasteiger partial charge >= 0.3 is 0 Å². The van der Waals surface area contributed by atoms with E-state index in [0.717, 1.165) is 6.42 Å². The van der Waals surface area contributed by atoms with Gasteiger partial charge in [-0.3, -0.25) is 4.79 Å². The van der Waals surface area contributed by atoms with Gasteiger partial charge in [-0.2, -0.15) is 5.26 Å². The Kier molecular flexibility index (Phi) is 3.93. The molecule has 1 aromatic carbocycles. The number of nitriles is 1. The topological polar surface area (TPSA) is 52.9 Å². The van der Waals surface area contributed by atoms with Gasteiger partial charge in [0.2, 0.25) is 5.91 Å². The Balaban J connectivity index is 2.00. The van der Waals surface area contributed by atoms with E-state index >= 15 is 0 Å². The minimum Gasteiger partial charge on any atom is -0.339 e. The lowest BCUT2D eigenvalue weighted by Crippen LogP contribution is -2.42. The van der Waals surface area contributed by atoms with Gasteiger partial charge in [0.05, 0.1) is 11.3 Å². The number of rotatable bonds is 3. The van der Waals surface area contributed by atoms with Gasteiger partial charge < -0.3 is 5.32 Å². The van der Waals surface area contributed by atoms with Gasteiger partial charge in [0.25, 0.3) is 0 Å². The molecule has 1 aliphatic rings. The van der Waals surface area contributed by atoms with Gasteiger partial charge in [-0.05, 0) is 24.0 Å². The van der Waals surface area contributed by atoms with Crippen molar-refractivity contribution >= 4 is 17.7 Å². The van der Waals surface area contributed by atoms with Crippen LogP contribution in [0.2, 0.25) is 0 Å². The van der Waals surface area contributed by atoms with Gasteiger partial charge in [-0.25, -0.2) is 0 Å². The summed E-state index contributed by atoms with van der Waals surface area (Å²) < 4.78 is 0. The predicted molar refractivity (Wildman–Crippen MR) is 72.2 cm³/mol. The molecule has 0 saturated carbocycles. The second-order valence-electron chi connectivity index (χ2n) is 4.78. The van der Waals surface area contributed by atoms with Crippen LogP contribution >= 0.6 is 11.8 Å². The van der Waals surface area contributed by atoms with E-state index in [4.69, 9.17) is 5.26 Å². The number of nitrogens with zero attached hydrogens (tertiary/aromatic N) is 1. The van der Waals surface area contributed by atoms with Crippen LogP contribution in [0.3, 0.4) is 0 Å². The number of thioether (sulfide) groups is 1. The largest absolute Gasteiger partial charge is 0.339 e. The van der Waals surface area contributed by atoms with Crippen molar-refractivity contribution in [3.05, 3.63) is 29.8 Å². The number of nitrogens with one attached hydrogen (secondary N) is 1. The second kappa shape index (κ2) is 5.45. The lowest BCUT2D eigenvalue weighted by Gasteiger charge is -2.17. The molecule has 1 amide bonds. The molecule has 1 aliphatic heterocycles. The molecule has 2 unspecified atom stereocenters. The van der Waals surface area contributed by atoms with Gasteiger partial charge in [-0.1, -0.05) is 32.0 Å². The van der Waals surface area contributed by atoms with Crippen LogP contribution in [0.5, 0.6) is 0 Å². The van der Waals surface area contributed by atoms with E-state index in [1.807, 2.05) is 32.0 Å². The maximum atomic E-state index is 12.1. The molecule has 0 aliphatic carbocycles. The predicted octanol–water partition coefficient (Wildman–Crippen LogP) is 2.37. The van der Waals surface area contributed by atoms with E-state index in [2.05, 4.69) is 17.5 Å². The van der Waals surface area contributed by atoms with Gasteiger partial charge in [0, 0.05) is 4.90 Å². The van der Waals surface area contributed by atoms with Crippen LogP contribution in [0.25, 0.3) is 0 Å². The highest BCUT2D eigenvalue weighted by Crippen LogP contribution is 2.36. The number of fused-ring (bicyclic) bond motifs is 1. The molecule has 0 saturated heterocycles. The number of benzene rings is 1. The second-order valence-corrected chi connectivity index (χ2v) is 6.02. The number of hydrogen-bond acceptors (Lipinski definition) is 3. The average Bonchev–Trinajstić information content (AvgIpc) is 2.79. The first-order valence-electron chi connectivity index (χ1n) is 6.06. The van der Waals surface area contributed by atoms with E-state index in [0.29, 0.717) is 0 Å². The SMILES string of the molecule is CC(C)C(C#N)NC(=O)C1Cc2ccccc2S1. The Morgan fingerprint density at radius 1 is 1.50 bits per heavy atom. The molecule has 0 radical (unpaired) electrons. The summed E-state index contributed by atoms with van der Waals surface area (Å²) in [6.45, 7) is 3.87. The number of amides is 1. The zero-order valence-corrected chi connectivity index (χ0v) is 11.3. The summed E-state index contributed by atoms with van der Waals surface area (Å²) in [5.41, 5.74) is 1.22. The monoisotopic (exact) mass is 260 g/mol. The Hall–Kier alpha value is -1.47. The van der Waals surface area contributed by atoms with Crippen molar-refractivity contribution in [1.29, 1.82) is 5.26 Å². The standard InChI is InChI=1S/C14H16N2OS/c1-9(2)11(8-15)16-14(17)13-7-10-5-3-4-6-12(10)18-13/h3-6,9,11,13H,7H2,1-2H3,(H,16,17). The van der Waals surface area contributed by atoms with Crippen LogP contribution in [-0.2, 0) is 11.2 Å². The Labute approximate surface area is 112 Å². The summed E-state index contributed by atoms with van der Waals surface area (Å²) in [7, 11) is 0. The van der Waals surface area contributed by atoms with Crippen LogP contribution in [0.1, 0.15) is 19.4 Å². The minimum absolute atomic E-state index is 0.0311. The zero-order chi connectivity index (χ0) is 13.1. The average molecular weight is 260 g/mol. The van der Waals surface area contributed by atoms with Crippen LogP contribution in [0, 0.1) is 17.2 Å². The fourth-order valence-electron chi connectivity index (χ4n) is 1.92. The molecular weight excluding hydrogens is 244 g/mol. The van der Waals surface area contributed by atoms with Crippen molar-refractivity contribution in [3.63, 3.8) is 0 Å². The van der Waals surface area contributed by atoms with Gasteiger partial charge in [0.15, 0.2) is 0 Å². The third-order valence-corrected chi connectivity index (χ3v) is 4.36. The lowest BCUT2D eigenvalue weighted by molar-refractivity contribution is -0.121. The Morgan fingerprint density at radius 2 is 2.22 bits per heavy atom. The highest BCUT2D eigenvalue weighted by Gasteiger charge is 2.29. The van der Waals surface area contributed by atoms with Crippen LogP contribution in [0.4, 0.5) is 0 Å². The molecule has 2 atom stereocenters. The van der Waals surface area contributed by atoms with Gasteiger partial charge in [0.1, 0.15) is 6.04 Å². The fraction of sp³-hybridized carbons (Fsp3) is 0.429. The molecule has 4 heteroatoms. The summed E-state index contributed by atoms with van der Waals surface area (Å²) in [6.07, 6.45) is 0.753. The maximum Gasteiger partial charge on any atom is 0.234 e. The number of carbonyl (C=O) groups is 1. The highest BCUT2D eigenvalue weighted by molar-refractivity contribution is 8.01. The minimum atomic E-state index is -0.401. The molecule has 1 N–H and O–H groups in total. The van der Waals surface area contributed by atoms with Crippen molar-refractivity contribution in [2.75, 3.05) is 0 Å². The van der Waals surface area contributed by atoms with Crippen LogP contribution in [0.15, 0.2) is 29.2 Å². The number of carbonyl (C=O) groups excluding carboxylic acids is 1. The van der Waals surface area contributed by atoms with Crippen molar-refractivity contribution in [2.45, 2.75) is 36.5 Å². The van der Waals surface area contributed by atoms with E-state index in [1.54, 1.807) is 11.8 Å². The first-order valence-corrected chi connectivity index (χ1v) is 6.94. The molecule has 1 aromatic rings. The van der Waals surface area contributed by atoms with Crippen molar-refractivity contribution in [1.82, 2.24) is 5.32 Å². The quantitative estimate of drug-likeness (QED) is 0.907. The molecule has 3 nitrogen and oxygen atoms in total. The van der Waals surface area contributed by atoms with Crippen LogP contribution < -0.4 is 5.32 Å². The summed E-state index contributed by atoms with van der Waals surface area (Å²) >= 11 is 1.59. The molecule has 1 heterocycles. The summed E-state index contributed by atoms with van der Waals surface area (Å²) in [5.74, 6) is 0.101. The Bertz CT molecular complexity index is 468. The fourth-order valence-corrected chi connectivity index (χ4v) is 3.13. The zero-order valence-electron chi connectivity index (χ0n) is 10.5. The normalized spacial score (nSPS) is 19.1. The van der Waals surface area contributed by atoms with Crippen molar-refractivity contribution < 1.29 is 4.79 Å². The smallest absolute Gasteiger partial charge is 0.234 e. The third kappa shape index (κ3) is 2.68. The van der Waals surface area contributed by atoms with E-state index < -0.39 is 6.04 Å².